The Kier molecular flexibility index (Phi) is 7.51. The number of alkyl halides is 3. The minimum absolute atomic E-state index is 0.0127. The number of benzene rings is 2. The fraction of sp³-hybridized carbons (Fsp3) is 0.375. The molecule has 1 unspecified atom stereocenters. The van der Waals surface area contributed by atoms with Crippen molar-refractivity contribution >= 4 is 12.0 Å². The number of aliphatic hydroxyl groups excluding tert-OH is 1. The minimum atomic E-state index is -4.33. The Morgan fingerprint density at radius 3 is 2.58 bits per heavy atom. The van der Waals surface area contributed by atoms with Gasteiger partial charge in [-0.15, -0.1) is 0 Å². The Labute approximate surface area is 179 Å². The molecule has 0 aromatic heterocycles. The maximum absolute atomic E-state index is 12.8. The predicted molar refractivity (Wildman–Crippen MR) is 112 cm³/mol. The van der Waals surface area contributed by atoms with Gasteiger partial charge < -0.3 is 9.84 Å². The zero-order valence-electron chi connectivity index (χ0n) is 17.4. The third kappa shape index (κ3) is 5.95. The van der Waals surface area contributed by atoms with Crippen LogP contribution in [-0.2, 0) is 28.5 Å². The zero-order chi connectivity index (χ0) is 22.4. The molecule has 0 bridgehead atoms. The average Bonchev–Trinajstić information content (AvgIpc) is 3.17. The Morgan fingerprint density at radius 1 is 1.19 bits per heavy atom. The van der Waals surface area contributed by atoms with E-state index in [0.717, 1.165) is 36.1 Å². The number of methoxy groups -OCH3 is 1. The lowest BCUT2D eigenvalue weighted by Crippen LogP contribution is -2.32. The Hall–Kier alpha value is -2.64. The third-order valence-electron chi connectivity index (χ3n) is 5.62. The number of nitrogens with zero attached hydrogens (tertiary/aromatic N) is 1. The van der Waals surface area contributed by atoms with E-state index in [9.17, 15) is 23.1 Å². The van der Waals surface area contributed by atoms with Crippen LogP contribution in [0.3, 0.4) is 0 Å². The van der Waals surface area contributed by atoms with Gasteiger partial charge in [-0.05, 0) is 59.7 Å². The van der Waals surface area contributed by atoms with Gasteiger partial charge in [0.1, 0.15) is 0 Å². The number of hydrogen-bond donors (Lipinski definition) is 1. The molecule has 31 heavy (non-hydrogen) atoms. The van der Waals surface area contributed by atoms with Gasteiger partial charge in [-0.1, -0.05) is 30.3 Å². The normalized spacial score (nSPS) is 16.1. The fourth-order valence-corrected chi connectivity index (χ4v) is 4.02. The molecule has 1 aliphatic rings. The molecular formula is C24H26F3NO3. The number of rotatable bonds is 8. The first-order valence-corrected chi connectivity index (χ1v) is 10.2. The molecule has 0 saturated carbocycles. The van der Waals surface area contributed by atoms with Crippen LogP contribution in [0.25, 0.3) is 6.08 Å². The van der Waals surface area contributed by atoms with Crippen LogP contribution in [0.5, 0.6) is 0 Å². The van der Waals surface area contributed by atoms with E-state index < -0.39 is 17.7 Å². The van der Waals surface area contributed by atoms with Gasteiger partial charge in [0.25, 0.3) is 0 Å². The molecule has 1 aliphatic carbocycles. The number of ether oxygens (including phenoxy) is 1. The number of hydrogen-bond acceptors (Lipinski definition) is 4. The van der Waals surface area contributed by atoms with Crippen molar-refractivity contribution in [3.63, 3.8) is 0 Å². The van der Waals surface area contributed by atoms with Crippen molar-refractivity contribution in [3.05, 3.63) is 76.4 Å². The molecule has 1 N–H and O–H groups in total. The second-order valence-corrected chi connectivity index (χ2v) is 7.57. The molecule has 3 rings (SSSR count). The van der Waals surface area contributed by atoms with E-state index in [-0.39, 0.29) is 12.6 Å². The molecule has 1 atom stereocenters. The largest absolute Gasteiger partial charge is 0.466 e. The molecule has 0 amide bonds. The van der Waals surface area contributed by atoms with Crippen LogP contribution in [0.4, 0.5) is 13.2 Å². The Bertz CT molecular complexity index is 923. The summed E-state index contributed by atoms with van der Waals surface area (Å²) in [7, 11) is 1.33. The van der Waals surface area contributed by atoms with E-state index in [0.29, 0.717) is 19.5 Å². The highest BCUT2D eigenvalue weighted by molar-refractivity contribution is 5.86. The van der Waals surface area contributed by atoms with Crippen molar-refractivity contribution in [2.24, 2.45) is 0 Å². The summed E-state index contributed by atoms with van der Waals surface area (Å²) in [6.45, 7) is 1.15. The van der Waals surface area contributed by atoms with Gasteiger partial charge in [0.15, 0.2) is 0 Å². The van der Waals surface area contributed by atoms with Crippen LogP contribution in [0, 0.1) is 0 Å². The number of carbonyl (C=O) groups is 1. The van der Waals surface area contributed by atoms with Crippen molar-refractivity contribution in [2.45, 2.75) is 31.5 Å². The minimum Gasteiger partial charge on any atom is -0.466 e. The fourth-order valence-electron chi connectivity index (χ4n) is 4.02. The molecule has 0 aliphatic heterocycles. The van der Waals surface area contributed by atoms with Crippen molar-refractivity contribution < 1.29 is 27.8 Å². The summed E-state index contributed by atoms with van der Waals surface area (Å²) in [6.07, 6.45) is 1.17. The average molecular weight is 433 g/mol. The molecule has 4 nitrogen and oxygen atoms in total. The summed E-state index contributed by atoms with van der Waals surface area (Å²) in [5, 5.41) is 9.54. The van der Waals surface area contributed by atoms with E-state index >= 15 is 0 Å². The maximum atomic E-state index is 12.8. The standard InChI is InChI=1S/C24H26F3NO3/c1-31-23(30)11-5-18-4-9-21-19(16-18)6-10-22(21)28(14-15-29)13-12-17-2-7-20(8-3-17)24(25,26)27/h2-5,7-9,11,16,22,29H,6,10,12-15H2,1H3. The van der Waals surface area contributed by atoms with E-state index in [4.69, 9.17) is 0 Å². The number of fused-ring (bicyclic) bond motifs is 1. The van der Waals surface area contributed by atoms with E-state index in [2.05, 4.69) is 15.7 Å². The van der Waals surface area contributed by atoms with Crippen LogP contribution < -0.4 is 0 Å². The monoisotopic (exact) mass is 433 g/mol. The number of esters is 1. The summed E-state index contributed by atoms with van der Waals surface area (Å²) in [6, 6.07) is 11.5. The Balaban J connectivity index is 1.69. The SMILES string of the molecule is COC(=O)C=Cc1ccc2c(c1)CCC2N(CCO)CCc1ccc(C(F)(F)F)cc1. The molecule has 2 aromatic rings. The van der Waals surface area contributed by atoms with Crippen LogP contribution in [0.15, 0.2) is 48.5 Å². The van der Waals surface area contributed by atoms with Gasteiger partial charge >= 0.3 is 12.1 Å². The summed E-state index contributed by atoms with van der Waals surface area (Å²) in [5.41, 5.74) is 3.50. The lowest BCUT2D eigenvalue weighted by atomic mass is 10.0. The highest BCUT2D eigenvalue weighted by Gasteiger charge is 2.30. The number of aliphatic hydroxyl groups is 1. The van der Waals surface area contributed by atoms with Crippen molar-refractivity contribution in [1.29, 1.82) is 0 Å². The van der Waals surface area contributed by atoms with Crippen LogP contribution in [0.2, 0.25) is 0 Å². The molecule has 166 valence electrons. The topological polar surface area (TPSA) is 49.8 Å². The second kappa shape index (κ2) is 10.1. The lowest BCUT2D eigenvalue weighted by molar-refractivity contribution is -0.137. The van der Waals surface area contributed by atoms with E-state index in [1.165, 1.54) is 36.4 Å². The Morgan fingerprint density at radius 2 is 1.94 bits per heavy atom. The second-order valence-electron chi connectivity index (χ2n) is 7.57. The van der Waals surface area contributed by atoms with E-state index in [1.807, 2.05) is 12.1 Å². The summed E-state index contributed by atoms with van der Waals surface area (Å²) < 4.78 is 42.9. The molecule has 0 fully saturated rings. The van der Waals surface area contributed by atoms with Gasteiger partial charge in [-0.3, -0.25) is 4.90 Å². The van der Waals surface area contributed by atoms with Gasteiger partial charge in [0.05, 0.1) is 19.3 Å². The third-order valence-corrected chi connectivity index (χ3v) is 5.62. The van der Waals surface area contributed by atoms with E-state index in [1.54, 1.807) is 6.08 Å². The van der Waals surface area contributed by atoms with Crippen LogP contribution in [-0.4, -0.2) is 42.8 Å². The van der Waals surface area contributed by atoms with Gasteiger partial charge in [-0.25, -0.2) is 4.79 Å². The molecule has 7 heteroatoms. The van der Waals surface area contributed by atoms with Gasteiger partial charge in [0, 0.05) is 25.2 Å². The first-order chi connectivity index (χ1) is 14.8. The van der Waals surface area contributed by atoms with Crippen LogP contribution in [0.1, 0.15) is 40.3 Å². The highest BCUT2D eigenvalue weighted by atomic mass is 19.4. The maximum Gasteiger partial charge on any atom is 0.416 e. The molecule has 2 aromatic carbocycles. The molecule has 0 saturated heterocycles. The lowest BCUT2D eigenvalue weighted by Gasteiger charge is -2.29. The van der Waals surface area contributed by atoms with Crippen molar-refractivity contribution in [3.8, 4) is 0 Å². The summed E-state index contributed by atoms with van der Waals surface area (Å²) in [4.78, 5) is 13.5. The highest BCUT2D eigenvalue weighted by Crippen LogP contribution is 2.36. The number of halogens is 3. The molecule has 0 heterocycles. The van der Waals surface area contributed by atoms with Crippen molar-refractivity contribution in [1.82, 2.24) is 4.90 Å². The molecule has 0 spiro atoms. The van der Waals surface area contributed by atoms with Gasteiger partial charge in [0.2, 0.25) is 0 Å². The number of carbonyl (C=O) groups excluding carboxylic acids is 1. The predicted octanol–water partition coefficient (Wildman–Crippen LogP) is 4.42. The first kappa shape index (κ1) is 23.0. The smallest absolute Gasteiger partial charge is 0.416 e. The summed E-state index contributed by atoms with van der Waals surface area (Å²) in [5.74, 6) is -0.407. The molecular weight excluding hydrogens is 407 g/mol. The first-order valence-electron chi connectivity index (χ1n) is 10.2. The summed E-state index contributed by atoms with van der Waals surface area (Å²) >= 11 is 0. The molecule has 0 radical (unpaired) electrons. The van der Waals surface area contributed by atoms with Gasteiger partial charge in [-0.2, -0.15) is 13.2 Å². The number of aryl methyl sites for hydroxylation is 1. The quantitative estimate of drug-likeness (QED) is 0.495. The van der Waals surface area contributed by atoms with Crippen LogP contribution >= 0.6 is 0 Å². The zero-order valence-corrected chi connectivity index (χ0v) is 17.4. The van der Waals surface area contributed by atoms with Crippen molar-refractivity contribution in [2.75, 3.05) is 26.8 Å².